The van der Waals surface area contributed by atoms with Crippen LogP contribution in [0.15, 0.2) is 11.3 Å². The summed E-state index contributed by atoms with van der Waals surface area (Å²) in [6.07, 6.45) is 2.32. The molecule has 1 rings (SSSR count). The lowest BCUT2D eigenvalue weighted by Gasteiger charge is -2.15. The van der Waals surface area contributed by atoms with Crippen LogP contribution in [0.4, 0.5) is 0 Å². The maximum Gasteiger partial charge on any atom is 0.0988 e. The molecule has 70 valence electrons. The normalized spacial score (nSPS) is 25.4. The molecule has 1 heterocycles. The van der Waals surface area contributed by atoms with Crippen LogP contribution in [0, 0.1) is 5.92 Å². The van der Waals surface area contributed by atoms with Crippen molar-refractivity contribution in [3.05, 3.63) is 11.3 Å². The van der Waals surface area contributed by atoms with E-state index in [2.05, 4.69) is 19.2 Å². The molecule has 1 aliphatic rings. The fourth-order valence-electron chi connectivity index (χ4n) is 1.74. The van der Waals surface area contributed by atoms with E-state index in [4.69, 9.17) is 4.74 Å². The summed E-state index contributed by atoms with van der Waals surface area (Å²) in [5, 5.41) is 3.35. The Bertz CT molecular complexity index is 169. The van der Waals surface area contributed by atoms with Crippen molar-refractivity contribution in [2.24, 2.45) is 5.92 Å². The van der Waals surface area contributed by atoms with Gasteiger partial charge in [0.1, 0.15) is 0 Å². The van der Waals surface area contributed by atoms with Gasteiger partial charge in [-0.2, -0.15) is 0 Å². The minimum atomic E-state index is 0.620. The zero-order chi connectivity index (χ0) is 8.97. The molecule has 0 bridgehead atoms. The summed E-state index contributed by atoms with van der Waals surface area (Å²) in [5.41, 5.74) is 1.39. The topological polar surface area (TPSA) is 21.3 Å². The number of methoxy groups -OCH3 is 1. The zero-order valence-corrected chi connectivity index (χ0v) is 8.31. The van der Waals surface area contributed by atoms with E-state index < -0.39 is 0 Å². The Kier molecular flexibility index (Phi) is 3.60. The van der Waals surface area contributed by atoms with Crippen LogP contribution in [-0.2, 0) is 4.74 Å². The van der Waals surface area contributed by atoms with Crippen molar-refractivity contribution in [1.29, 1.82) is 0 Å². The Hall–Kier alpha value is -0.500. The van der Waals surface area contributed by atoms with Crippen molar-refractivity contribution in [2.75, 3.05) is 20.2 Å². The Morgan fingerprint density at radius 2 is 2.33 bits per heavy atom. The van der Waals surface area contributed by atoms with Crippen molar-refractivity contribution < 1.29 is 4.74 Å². The molecule has 1 atom stereocenters. The largest absolute Gasteiger partial charge is 0.501 e. The fourth-order valence-corrected chi connectivity index (χ4v) is 1.74. The monoisotopic (exact) mass is 169 g/mol. The third kappa shape index (κ3) is 2.01. The third-order valence-electron chi connectivity index (χ3n) is 2.60. The third-order valence-corrected chi connectivity index (χ3v) is 2.60. The lowest BCUT2D eigenvalue weighted by Crippen LogP contribution is -2.12. The summed E-state index contributed by atoms with van der Waals surface area (Å²) in [6, 6.07) is 0. The summed E-state index contributed by atoms with van der Waals surface area (Å²) < 4.78 is 5.43. The minimum Gasteiger partial charge on any atom is -0.501 e. The number of allylic oxidation sites excluding steroid dienone is 1. The molecule has 0 radical (unpaired) electrons. The molecule has 0 aliphatic carbocycles. The van der Waals surface area contributed by atoms with Gasteiger partial charge in [0.2, 0.25) is 0 Å². The van der Waals surface area contributed by atoms with Gasteiger partial charge in [0.15, 0.2) is 0 Å². The van der Waals surface area contributed by atoms with Gasteiger partial charge in [-0.15, -0.1) is 0 Å². The molecule has 12 heavy (non-hydrogen) atoms. The highest BCUT2D eigenvalue weighted by Crippen LogP contribution is 2.23. The lowest BCUT2D eigenvalue weighted by atomic mass is 10.0. The van der Waals surface area contributed by atoms with E-state index in [1.165, 1.54) is 17.8 Å². The van der Waals surface area contributed by atoms with Gasteiger partial charge in [0.25, 0.3) is 0 Å². The Morgan fingerprint density at radius 3 is 2.75 bits per heavy atom. The summed E-state index contributed by atoms with van der Waals surface area (Å²) in [7, 11) is 1.78. The van der Waals surface area contributed by atoms with Gasteiger partial charge >= 0.3 is 0 Å². The highest BCUT2D eigenvalue weighted by Gasteiger charge is 2.20. The van der Waals surface area contributed by atoms with E-state index in [0.717, 1.165) is 19.5 Å². The first-order valence-corrected chi connectivity index (χ1v) is 4.74. The number of hydrogen-bond donors (Lipinski definition) is 1. The van der Waals surface area contributed by atoms with Crippen LogP contribution in [0.2, 0.25) is 0 Å². The molecule has 1 N–H and O–H groups in total. The summed E-state index contributed by atoms with van der Waals surface area (Å²) >= 11 is 0. The minimum absolute atomic E-state index is 0.620. The molecule has 0 aromatic carbocycles. The van der Waals surface area contributed by atoms with Crippen LogP contribution in [0.1, 0.15) is 26.7 Å². The highest BCUT2D eigenvalue weighted by molar-refractivity contribution is 5.10. The predicted molar refractivity (Wildman–Crippen MR) is 51.0 cm³/mol. The van der Waals surface area contributed by atoms with E-state index in [1.807, 2.05) is 0 Å². The lowest BCUT2D eigenvalue weighted by molar-refractivity contribution is 0.241. The molecular weight excluding hydrogens is 150 g/mol. The molecule has 0 aromatic heterocycles. The molecule has 2 nitrogen and oxygen atoms in total. The van der Waals surface area contributed by atoms with Gasteiger partial charge in [-0.3, -0.25) is 0 Å². The average molecular weight is 169 g/mol. The van der Waals surface area contributed by atoms with Crippen LogP contribution < -0.4 is 5.32 Å². The molecule has 1 fully saturated rings. The number of hydrogen-bond acceptors (Lipinski definition) is 2. The maximum absolute atomic E-state index is 5.43. The fraction of sp³-hybridized carbons (Fsp3) is 0.800. The first-order chi connectivity index (χ1) is 5.79. The summed E-state index contributed by atoms with van der Waals surface area (Å²) in [5.74, 6) is 1.83. The molecule has 0 amide bonds. The van der Waals surface area contributed by atoms with E-state index in [0.29, 0.717) is 5.92 Å². The molecule has 1 unspecified atom stereocenters. The SMILES string of the molecule is CCC(C)=C(OC)C1CCNC1. The van der Waals surface area contributed by atoms with Crippen molar-refractivity contribution in [3.8, 4) is 0 Å². The van der Waals surface area contributed by atoms with Gasteiger partial charge in [0.05, 0.1) is 12.9 Å². The van der Waals surface area contributed by atoms with Crippen molar-refractivity contribution >= 4 is 0 Å². The van der Waals surface area contributed by atoms with Gasteiger partial charge in [-0.05, 0) is 31.9 Å². The molecule has 1 aliphatic heterocycles. The quantitative estimate of drug-likeness (QED) is 0.652. The van der Waals surface area contributed by atoms with Crippen LogP contribution >= 0.6 is 0 Å². The van der Waals surface area contributed by atoms with Crippen molar-refractivity contribution in [1.82, 2.24) is 5.32 Å². The van der Waals surface area contributed by atoms with Crippen LogP contribution in [-0.4, -0.2) is 20.2 Å². The first kappa shape index (κ1) is 9.59. The zero-order valence-electron chi connectivity index (χ0n) is 8.31. The van der Waals surface area contributed by atoms with Crippen LogP contribution in [0.25, 0.3) is 0 Å². The number of ether oxygens (including phenoxy) is 1. The average Bonchev–Trinajstić information content (AvgIpc) is 2.58. The second-order valence-electron chi connectivity index (χ2n) is 3.39. The Balaban J connectivity index is 2.66. The van der Waals surface area contributed by atoms with Crippen LogP contribution in [0.5, 0.6) is 0 Å². The molecular formula is C10H19NO. The van der Waals surface area contributed by atoms with E-state index in [1.54, 1.807) is 7.11 Å². The number of nitrogens with one attached hydrogen (secondary N) is 1. The molecule has 0 spiro atoms. The standard InChI is InChI=1S/C10H19NO/c1-4-8(2)10(12-3)9-5-6-11-7-9/h9,11H,4-7H2,1-3H3. The Labute approximate surface area is 75.0 Å². The molecule has 1 saturated heterocycles. The maximum atomic E-state index is 5.43. The van der Waals surface area contributed by atoms with Gasteiger partial charge in [-0.25, -0.2) is 0 Å². The van der Waals surface area contributed by atoms with E-state index in [-0.39, 0.29) is 0 Å². The predicted octanol–water partition coefficient (Wildman–Crippen LogP) is 1.93. The second kappa shape index (κ2) is 4.51. The van der Waals surface area contributed by atoms with Crippen molar-refractivity contribution in [2.45, 2.75) is 26.7 Å². The van der Waals surface area contributed by atoms with E-state index in [9.17, 15) is 0 Å². The number of rotatable bonds is 3. The van der Waals surface area contributed by atoms with Gasteiger partial charge in [0, 0.05) is 12.5 Å². The second-order valence-corrected chi connectivity index (χ2v) is 3.39. The molecule has 0 aromatic rings. The van der Waals surface area contributed by atoms with Gasteiger partial charge in [-0.1, -0.05) is 6.92 Å². The van der Waals surface area contributed by atoms with Gasteiger partial charge < -0.3 is 10.1 Å². The summed E-state index contributed by atoms with van der Waals surface area (Å²) in [6.45, 7) is 6.56. The smallest absolute Gasteiger partial charge is 0.0988 e. The summed E-state index contributed by atoms with van der Waals surface area (Å²) in [4.78, 5) is 0. The highest BCUT2D eigenvalue weighted by atomic mass is 16.5. The molecule has 2 heteroatoms. The first-order valence-electron chi connectivity index (χ1n) is 4.74. The molecule has 0 saturated carbocycles. The van der Waals surface area contributed by atoms with Crippen molar-refractivity contribution in [3.63, 3.8) is 0 Å². The Morgan fingerprint density at radius 1 is 1.58 bits per heavy atom. The van der Waals surface area contributed by atoms with Crippen LogP contribution in [0.3, 0.4) is 0 Å². The van der Waals surface area contributed by atoms with E-state index >= 15 is 0 Å².